The van der Waals surface area contributed by atoms with E-state index in [1.54, 1.807) is 13.0 Å². The van der Waals surface area contributed by atoms with Gasteiger partial charge in [-0.05, 0) is 18.6 Å². The first-order chi connectivity index (χ1) is 8.80. The number of nitrogens with two attached hydrogens (primary N) is 1. The van der Waals surface area contributed by atoms with E-state index in [1.807, 2.05) is 0 Å². The van der Waals surface area contributed by atoms with E-state index in [0.717, 1.165) is 10.9 Å². The molecule has 5 nitrogen and oxygen atoms in total. The Balaban J connectivity index is 2.57. The number of hydrogen-bond donors (Lipinski definition) is 2. The number of halogens is 3. The van der Waals surface area contributed by atoms with Crippen molar-refractivity contribution in [2.45, 2.75) is 13.1 Å². The Kier molecular flexibility index (Phi) is 3.01. The van der Waals surface area contributed by atoms with Gasteiger partial charge >= 0.3 is 6.18 Å². The number of aromatic nitrogens is 3. The van der Waals surface area contributed by atoms with Crippen LogP contribution in [0.15, 0.2) is 24.7 Å². The Bertz CT molecular complexity index is 630. The summed E-state index contributed by atoms with van der Waals surface area (Å²) in [4.78, 5) is 3.94. The predicted octanol–water partition coefficient (Wildman–Crippen LogP) is 1.88. The van der Waals surface area contributed by atoms with Gasteiger partial charge in [0.05, 0.1) is 17.3 Å². The molecule has 100 valence electrons. The summed E-state index contributed by atoms with van der Waals surface area (Å²) >= 11 is 0. The average Bonchev–Trinajstić information content (AvgIpc) is 2.76. The largest absolute Gasteiger partial charge is 0.419 e. The minimum atomic E-state index is -4.47. The molecule has 3 N–H and O–H groups in total. The molecule has 0 saturated carbocycles. The molecule has 0 spiro atoms. The number of pyridine rings is 1. The Morgan fingerprint density at radius 2 is 2.11 bits per heavy atom. The molecule has 0 bridgehead atoms. The molecule has 0 atom stereocenters. The van der Waals surface area contributed by atoms with Crippen LogP contribution in [-0.2, 0) is 6.18 Å². The zero-order chi connectivity index (χ0) is 14.2. The zero-order valence-corrected chi connectivity index (χ0v) is 9.86. The number of amidine groups is 1. The van der Waals surface area contributed by atoms with Gasteiger partial charge in [0.25, 0.3) is 0 Å². The van der Waals surface area contributed by atoms with Gasteiger partial charge in [-0.1, -0.05) is 0 Å². The Labute approximate surface area is 106 Å². The third kappa shape index (κ3) is 2.42. The van der Waals surface area contributed by atoms with Crippen LogP contribution in [0.25, 0.3) is 5.82 Å². The lowest BCUT2D eigenvalue weighted by Crippen LogP contribution is -2.18. The van der Waals surface area contributed by atoms with Crippen molar-refractivity contribution >= 4 is 5.84 Å². The highest BCUT2D eigenvalue weighted by molar-refractivity contribution is 5.99. The first kappa shape index (κ1) is 13.1. The van der Waals surface area contributed by atoms with Gasteiger partial charge in [0.15, 0.2) is 5.82 Å². The molecule has 8 heteroatoms. The molecule has 0 amide bonds. The van der Waals surface area contributed by atoms with Crippen LogP contribution in [0, 0.1) is 12.3 Å². The summed E-state index contributed by atoms with van der Waals surface area (Å²) in [5.74, 6) is -0.173. The second kappa shape index (κ2) is 4.38. The smallest absolute Gasteiger partial charge is 0.384 e. The maximum absolute atomic E-state index is 12.5. The van der Waals surface area contributed by atoms with Crippen LogP contribution >= 0.6 is 0 Å². The van der Waals surface area contributed by atoms with Crippen molar-refractivity contribution in [1.29, 1.82) is 5.41 Å². The zero-order valence-electron chi connectivity index (χ0n) is 9.86. The summed E-state index contributed by atoms with van der Waals surface area (Å²) in [5.41, 5.74) is 5.44. The lowest BCUT2D eigenvalue weighted by Gasteiger charge is -2.09. The molecule has 0 aliphatic heterocycles. The van der Waals surface area contributed by atoms with E-state index in [4.69, 9.17) is 11.1 Å². The molecule has 0 saturated heterocycles. The van der Waals surface area contributed by atoms with E-state index >= 15 is 0 Å². The number of nitrogens with zero attached hydrogens (tertiary/aromatic N) is 3. The van der Waals surface area contributed by atoms with E-state index in [-0.39, 0.29) is 17.2 Å². The third-order valence-electron chi connectivity index (χ3n) is 2.54. The Morgan fingerprint density at radius 3 is 2.63 bits per heavy atom. The van der Waals surface area contributed by atoms with Crippen LogP contribution in [0.1, 0.15) is 16.7 Å². The van der Waals surface area contributed by atoms with Crippen LogP contribution in [0.3, 0.4) is 0 Å². The van der Waals surface area contributed by atoms with Crippen molar-refractivity contribution in [3.05, 3.63) is 41.3 Å². The normalized spacial score (nSPS) is 11.6. The lowest BCUT2D eigenvalue weighted by atomic mass is 10.1. The van der Waals surface area contributed by atoms with Gasteiger partial charge in [-0.25, -0.2) is 9.67 Å². The molecule has 0 aromatic carbocycles. The number of aryl methyl sites for hydroxylation is 1. The van der Waals surface area contributed by atoms with E-state index in [2.05, 4.69) is 10.1 Å². The monoisotopic (exact) mass is 269 g/mol. The summed E-state index contributed by atoms with van der Waals surface area (Å²) in [5, 5.41) is 11.1. The summed E-state index contributed by atoms with van der Waals surface area (Å²) in [6, 6.07) is 1.62. The van der Waals surface area contributed by atoms with Crippen molar-refractivity contribution in [1.82, 2.24) is 14.8 Å². The minimum Gasteiger partial charge on any atom is -0.384 e. The lowest BCUT2D eigenvalue weighted by molar-refractivity contribution is -0.137. The van der Waals surface area contributed by atoms with Crippen molar-refractivity contribution in [3.63, 3.8) is 0 Å². The minimum absolute atomic E-state index is 0.100. The molecule has 0 unspecified atom stereocenters. The fourth-order valence-electron chi connectivity index (χ4n) is 1.64. The SMILES string of the molecule is Cc1ccnc(-n2cc(C(F)(F)F)cn2)c1C(=N)N. The standard InChI is InChI=1S/C11H10F3N5/c1-6-2-3-17-10(8(6)9(15)16)19-5-7(4-18-19)11(12,13)14/h2-5H,1H3,(H3,15,16). The third-order valence-corrected chi connectivity index (χ3v) is 2.54. The quantitative estimate of drug-likeness (QED) is 0.645. The summed E-state index contributed by atoms with van der Waals surface area (Å²) in [6.07, 6.45) is -1.54. The van der Waals surface area contributed by atoms with Gasteiger partial charge in [-0.15, -0.1) is 0 Å². The van der Waals surface area contributed by atoms with Crippen molar-refractivity contribution in [3.8, 4) is 5.82 Å². The van der Waals surface area contributed by atoms with E-state index in [1.165, 1.54) is 6.20 Å². The van der Waals surface area contributed by atoms with Gasteiger partial charge in [-0.2, -0.15) is 18.3 Å². The van der Waals surface area contributed by atoms with Gasteiger partial charge in [0.1, 0.15) is 5.84 Å². The topological polar surface area (TPSA) is 80.6 Å². The molecule has 0 aliphatic carbocycles. The molecular formula is C11H10F3N5. The van der Waals surface area contributed by atoms with E-state index < -0.39 is 11.7 Å². The van der Waals surface area contributed by atoms with Crippen molar-refractivity contribution < 1.29 is 13.2 Å². The predicted molar refractivity (Wildman–Crippen MR) is 62.1 cm³/mol. The highest BCUT2D eigenvalue weighted by atomic mass is 19.4. The summed E-state index contributed by atoms with van der Waals surface area (Å²) in [6.45, 7) is 1.69. The number of alkyl halides is 3. The highest BCUT2D eigenvalue weighted by Gasteiger charge is 2.32. The van der Waals surface area contributed by atoms with Crippen LogP contribution < -0.4 is 5.73 Å². The van der Waals surface area contributed by atoms with E-state index in [9.17, 15) is 13.2 Å². The van der Waals surface area contributed by atoms with Crippen molar-refractivity contribution in [2.24, 2.45) is 5.73 Å². The molecule has 2 aromatic rings. The molecule has 2 heterocycles. The summed E-state index contributed by atoms with van der Waals surface area (Å²) < 4.78 is 38.5. The second-order valence-corrected chi connectivity index (χ2v) is 3.91. The Hall–Kier alpha value is -2.38. The van der Waals surface area contributed by atoms with Gasteiger partial charge in [0.2, 0.25) is 0 Å². The van der Waals surface area contributed by atoms with Gasteiger partial charge in [-0.3, -0.25) is 5.41 Å². The number of nitrogens with one attached hydrogen (secondary N) is 1. The van der Waals surface area contributed by atoms with E-state index in [0.29, 0.717) is 11.8 Å². The fourth-order valence-corrected chi connectivity index (χ4v) is 1.64. The molecule has 0 radical (unpaired) electrons. The van der Waals surface area contributed by atoms with Gasteiger partial charge < -0.3 is 5.73 Å². The number of nitrogen functional groups attached to an aromatic ring is 1. The number of rotatable bonds is 2. The number of hydrogen-bond acceptors (Lipinski definition) is 3. The summed E-state index contributed by atoms with van der Waals surface area (Å²) in [7, 11) is 0. The molecule has 2 rings (SSSR count). The molecule has 0 aliphatic rings. The first-order valence-corrected chi connectivity index (χ1v) is 5.23. The van der Waals surface area contributed by atoms with Crippen LogP contribution in [0.5, 0.6) is 0 Å². The molecular weight excluding hydrogens is 259 g/mol. The molecule has 19 heavy (non-hydrogen) atoms. The van der Waals surface area contributed by atoms with Crippen LogP contribution in [0.2, 0.25) is 0 Å². The average molecular weight is 269 g/mol. The maximum Gasteiger partial charge on any atom is 0.419 e. The molecule has 2 aromatic heterocycles. The second-order valence-electron chi connectivity index (χ2n) is 3.91. The highest BCUT2D eigenvalue weighted by Crippen LogP contribution is 2.29. The van der Waals surface area contributed by atoms with Crippen LogP contribution in [-0.4, -0.2) is 20.6 Å². The Morgan fingerprint density at radius 1 is 1.42 bits per heavy atom. The van der Waals surface area contributed by atoms with Crippen molar-refractivity contribution in [2.75, 3.05) is 0 Å². The molecule has 0 fully saturated rings. The first-order valence-electron chi connectivity index (χ1n) is 5.23. The fraction of sp³-hybridized carbons (Fsp3) is 0.182. The van der Waals surface area contributed by atoms with Gasteiger partial charge in [0, 0.05) is 12.4 Å². The maximum atomic E-state index is 12.5. The van der Waals surface area contributed by atoms with Crippen LogP contribution in [0.4, 0.5) is 13.2 Å².